The molecule has 8 heteroatoms. The normalized spacial score (nSPS) is 22.7. The quantitative estimate of drug-likeness (QED) is 0.299. The molecule has 7 rings (SSSR count). The Labute approximate surface area is 246 Å². The maximum atomic E-state index is 14.8. The van der Waals surface area contributed by atoms with E-state index in [4.69, 9.17) is 10.00 Å². The third-order valence-corrected chi connectivity index (χ3v) is 8.70. The molecule has 4 atom stereocenters. The molecule has 3 aliphatic heterocycles. The summed E-state index contributed by atoms with van der Waals surface area (Å²) in [6.45, 7) is -0.272. The van der Waals surface area contributed by atoms with Gasteiger partial charge in [-0.15, -0.1) is 0 Å². The van der Waals surface area contributed by atoms with Gasteiger partial charge in [0.1, 0.15) is 29.1 Å². The number of fused-ring (bicyclic) bond motifs is 6. The number of Topliss-reactive ketones (excluding diaryl/α,β-unsaturated/α-hetero) is 2. The van der Waals surface area contributed by atoms with E-state index in [1.807, 2.05) is 59.5 Å². The third-order valence-electron chi connectivity index (χ3n) is 8.70. The molecule has 4 aromatic rings. The lowest BCUT2D eigenvalue weighted by Crippen LogP contribution is -2.49. The summed E-state index contributed by atoms with van der Waals surface area (Å²) in [6.07, 6.45) is 3.66. The van der Waals surface area contributed by atoms with E-state index in [1.165, 1.54) is 24.3 Å². The summed E-state index contributed by atoms with van der Waals surface area (Å²) in [7, 11) is 0. The summed E-state index contributed by atoms with van der Waals surface area (Å²) in [5, 5.41) is 12.1. The van der Waals surface area contributed by atoms with Crippen LogP contribution in [0.3, 0.4) is 0 Å². The molecule has 0 unspecified atom stereocenters. The van der Waals surface area contributed by atoms with Gasteiger partial charge in [-0.25, -0.2) is 4.39 Å². The number of anilines is 1. The molecular weight excluding hydrogens is 545 g/mol. The summed E-state index contributed by atoms with van der Waals surface area (Å²) < 4.78 is 19.6. The summed E-state index contributed by atoms with van der Waals surface area (Å²) in [6, 6.07) is 26.7. The Morgan fingerprint density at radius 2 is 1.65 bits per heavy atom. The van der Waals surface area contributed by atoms with Crippen LogP contribution >= 0.6 is 0 Å². The van der Waals surface area contributed by atoms with E-state index in [0.717, 1.165) is 11.1 Å². The topological polar surface area (TPSA) is 99.5 Å². The molecule has 1 fully saturated rings. The fraction of sp³-hybridized carbons (Fsp3) is 0.143. The summed E-state index contributed by atoms with van der Waals surface area (Å²) >= 11 is 0. The first-order valence-electron chi connectivity index (χ1n) is 13.8. The van der Waals surface area contributed by atoms with Crippen molar-refractivity contribution in [3.05, 3.63) is 137 Å². The van der Waals surface area contributed by atoms with Crippen molar-refractivity contribution in [3.63, 3.8) is 0 Å². The lowest BCUT2D eigenvalue weighted by Gasteiger charge is -2.38. The predicted octanol–water partition coefficient (Wildman–Crippen LogP) is 5.71. The highest BCUT2D eigenvalue weighted by Gasteiger charge is 2.70. The number of ketones is 2. The number of halogens is 1. The van der Waals surface area contributed by atoms with Crippen LogP contribution in [0.1, 0.15) is 43.4 Å². The molecule has 1 saturated heterocycles. The zero-order chi connectivity index (χ0) is 29.7. The zero-order valence-corrected chi connectivity index (χ0v) is 22.7. The Hall–Kier alpha value is -5.55. The Morgan fingerprint density at radius 1 is 0.930 bits per heavy atom. The van der Waals surface area contributed by atoms with Crippen molar-refractivity contribution in [2.75, 3.05) is 11.9 Å². The number of amides is 1. The SMILES string of the molecule is N#CCOc1ccccc1C(=O)[C@@H]1[C@@H](C(=O)c2ccc(F)cc2)[C@@]2(C(=O)Nc3ccccc32)[C@H]2c3ccccc3C=CN12. The second-order valence-electron chi connectivity index (χ2n) is 10.8. The van der Waals surface area contributed by atoms with Crippen molar-refractivity contribution in [2.24, 2.45) is 5.92 Å². The molecule has 4 aromatic carbocycles. The minimum atomic E-state index is -1.51. The number of ether oxygens (including phenoxy) is 1. The van der Waals surface area contributed by atoms with Gasteiger partial charge in [-0.05, 0) is 65.2 Å². The van der Waals surface area contributed by atoms with E-state index >= 15 is 0 Å². The summed E-state index contributed by atoms with van der Waals surface area (Å²) in [5.41, 5.74) is 1.73. The second kappa shape index (κ2) is 10.1. The van der Waals surface area contributed by atoms with Crippen molar-refractivity contribution < 1.29 is 23.5 Å². The van der Waals surface area contributed by atoms with E-state index < -0.39 is 46.7 Å². The Bertz CT molecular complexity index is 1880. The van der Waals surface area contributed by atoms with E-state index in [0.29, 0.717) is 11.3 Å². The zero-order valence-electron chi connectivity index (χ0n) is 22.7. The predicted molar refractivity (Wildman–Crippen MR) is 157 cm³/mol. The number of hydrogen-bond donors (Lipinski definition) is 1. The van der Waals surface area contributed by atoms with Gasteiger partial charge in [-0.1, -0.05) is 54.6 Å². The minimum Gasteiger partial charge on any atom is -0.478 e. The first kappa shape index (κ1) is 26.4. The number of rotatable bonds is 6. The molecule has 0 aromatic heterocycles. The number of hydrogen-bond acceptors (Lipinski definition) is 6. The van der Waals surface area contributed by atoms with E-state index in [2.05, 4.69) is 5.32 Å². The fourth-order valence-corrected chi connectivity index (χ4v) is 7.03. The number of carbonyl (C=O) groups is 3. The average Bonchev–Trinajstić information content (AvgIpc) is 3.52. The Balaban J connectivity index is 1.52. The van der Waals surface area contributed by atoms with Crippen molar-refractivity contribution in [2.45, 2.75) is 17.5 Å². The van der Waals surface area contributed by atoms with Crippen LogP contribution in [0.5, 0.6) is 5.75 Å². The molecule has 1 N–H and O–H groups in total. The summed E-state index contributed by atoms with van der Waals surface area (Å²) in [5.74, 6) is -2.79. The highest BCUT2D eigenvalue weighted by Crippen LogP contribution is 2.62. The number of para-hydroxylation sites is 2. The monoisotopic (exact) mass is 569 g/mol. The van der Waals surface area contributed by atoms with Crippen LogP contribution in [0, 0.1) is 23.1 Å². The van der Waals surface area contributed by atoms with Crippen LogP contribution in [0.25, 0.3) is 6.08 Å². The molecule has 0 radical (unpaired) electrons. The van der Waals surface area contributed by atoms with Crippen LogP contribution in [-0.2, 0) is 10.2 Å². The molecular formula is C35H24FN3O4. The fourth-order valence-electron chi connectivity index (χ4n) is 7.03. The van der Waals surface area contributed by atoms with Crippen molar-refractivity contribution >= 4 is 29.2 Å². The minimum absolute atomic E-state index is 0.187. The standard InChI is InChI=1S/C35H24FN3O4/c36-23-15-13-22(14-16-23)31(40)29-30(32(41)25-9-3-6-12-28(25)43-20-18-37)39-19-17-21-7-1-2-8-24(21)33(39)35(29)26-10-4-5-11-27(26)38-34(35)42/h1-17,19,29-30,33H,20H2,(H,38,42)/t29-,30-,33+,35+/m0/s1. The molecule has 3 aliphatic rings. The molecule has 0 bridgehead atoms. The molecule has 1 spiro atoms. The molecule has 0 aliphatic carbocycles. The number of nitrogens with zero attached hydrogens (tertiary/aromatic N) is 2. The summed E-state index contributed by atoms with van der Waals surface area (Å²) in [4.78, 5) is 45.8. The molecule has 43 heavy (non-hydrogen) atoms. The van der Waals surface area contributed by atoms with E-state index in [-0.39, 0.29) is 23.5 Å². The third kappa shape index (κ3) is 3.82. The van der Waals surface area contributed by atoms with E-state index in [9.17, 15) is 18.8 Å². The van der Waals surface area contributed by atoms with Crippen LogP contribution < -0.4 is 10.1 Å². The van der Waals surface area contributed by atoms with Crippen LogP contribution in [-0.4, -0.2) is 35.0 Å². The van der Waals surface area contributed by atoms with Gasteiger partial charge in [0.15, 0.2) is 18.2 Å². The van der Waals surface area contributed by atoms with Crippen molar-refractivity contribution in [1.82, 2.24) is 4.90 Å². The number of nitriles is 1. The smallest absolute Gasteiger partial charge is 0.238 e. The van der Waals surface area contributed by atoms with Crippen LogP contribution in [0.15, 0.2) is 103 Å². The lowest BCUT2D eigenvalue weighted by molar-refractivity contribution is -0.122. The lowest BCUT2D eigenvalue weighted by atomic mass is 9.62. The largest absolute Gasteiger partial charge is 0.478 e. The average molecular weight is 570 g/mol. The van der Waals surface area contributed by atoms with Gasteiger partial charge < -0.3 is 15.0 Å². The first-order valence-corrected chi connectivity index (χ1v) is 13.8. The van der Waals surface area contributed by atoms with Gasteiger partial charge in [-0.3, -0.25) is 14.4 Å². The van der Waals surface area contributed by atoms with Crippen LogP contribution in [0.4, 0.5) is 10.1 Å². The second-order valence-corrected chi connectivity index (χ2v) is 10.8. The van der Waals surface area contributed by atoms with Gasteiger partial charge in [0.05, 0.1) is 17.5 Å². The Kier molecular flexibility index (Phi) is 6.17. The van der Waals surface area contributed by atoms with Crippen molar-refractivity contribution in [1.29, 1.82) is 5.26 Å². The highest BCUT2D eigenvalue weighted by atomic mass is 19.1. The number of carbonyl (C=O) groups excluding carboxylic acids is 3. The molecule has 1 amide bonds. The number of nitrogens with one attached hydrogen (secondary N) is 1. The molecule has 7 nitrogen and oxygen atoms in total. The first-order chi connectivity index (χ1) is 21.0. The molecule has 3 heterocycles. The molecule has 210 valence electrons. The van der Waals surface area contributed by atoms with Gasteiger partial charge in [-0.2, -0.15) is 5.26 Å². The van der Waals surface area contributed by atoms with E-state index in [1.54, 1.807) is 36.5 Å². The van der Waals surface area contributed by atoms with Gasteiger partial charge >= 0.3 is 0 Å². The van der Waals surface area contributed by atoms with Gasteiger partial charge in [0, 0.05) is 17.5 Å². The highest BCUT2D eigenvalue weighted by molar-refractivity contribution is 6.17. The maximum absolute atomic E-state index is 14.8. The van der Waals surface area contributed by atoms with Crippen LogP contribution in [0.2, 0.25) is 0 Å². The van der Waals surface area contributed by atoms with Gasteiger partial charge in [0.2, 0.25) is 5.91 Å². The molecule has 0 saturated carbocycles. The van der Waals surface area contributed by atoms with Gasteiger partial charge in [0.25, 0.3) is 0 Å². The van der Waals surface area contributed by atoms with Crippen molar-refractivity contribution in [3.8, 4) is 11.8 Å². The Morgan fingerprint density at radius 3 is 2.47 bits per heavy atom. The number of benzene rings is 4. The maximum Gasteiger partial charge on any atom is 0.238 e.